The third-order valence-corrected chi connectivity index (χ3v) is 2.36. The van der Waals surface area contributed by atoms with Crippen LogP contribution in [0.5, 0.6) is 0 Å². The fourth-order valence-electron chi connectivity index (χ4n) is 1.43. The van der Waals surface area contributed by atoms with Crippen molar-refractivity contribution in [3.05, 3.63) is 29.6 Å². The monoisotopic (exact) mass is 221 g/mol. The van der Waals surface area contributed by atoms with Gasteiger partial charge in [-0.15, -0.1) is 0 Å². The third-order valence-electron chi connectivity index (χ3n) is 2.36. The minimum Gasteiger partial charge on any atom is -0.465 e. The fourth-order valence-corrected chi connectivity index (χ4v) is 1.43. The largest absolute Gasteiger partial charge is 0.465 e. The van der Waals surface area contributed by atoms with Gasteiger partial charge in [0.25, 0.3) is 0 Å². The van der Waals surface area contributed by atoms with Crippen LogP contribution in [-0.2, 0) is 22.4 Å². The number of esters is 1. The average molecular weight is 221 g/mol. The van der Waals surface area contributed by atoms with Crippen LogP contribution in [0.25, 0.3) is 0 Å². The number of carbonyl (C=O) groups is 1. The molecule has 1 aromatic rings. The molecule has 1 aromatic heterocycles. The molecule has 0 unspecified atom stereocenters. The van der Waals surface area contributed by atoms with E-state index in [1.165, 1.54) is 5.56 Å². The van der Waals surface area contributed by atoms with Crippen molar-refractivity contribution in [2.24, 2.45) is 0 Å². The summed E-state index contributed by atoms with van der Waals surface area (Å²) >= 11 is 0. The maximum atomic E-state index is 11.1. The Labute approximate surface area is 96.8 Å². The molecule has 0 amide bonds. The Hall–Kier alpha value is -1.38. The number of pyridine rings is 1. The molecule has 0 aromatic carbocycles. The minimum atomic E-state index is -0.117. The minimum absolute atomic E-state index is 0.117. The van der Waals surface area contributed by atoms with Crippen LogP contribution in [0.15, 0.2) is 18.3 Å². The van der Waals surface area contributed by atoms with E-state index in [1.54, 1.807) is 0 Å². The van der Waals surface area contributed by atoms with Crippen LogP contribution in [0, 0.1) is 0 Å². The van der Waals surface area contributed by atoms with Crippen molar-refractivity contribution in [3.8, 4) is 0 Å². The number of aromatic nitrogens is 1. The molecule has 0 aliphatic heterocycles. The van der Waals surface area contributed by atoms with Gasteiger partial charge in [-0.3, -0.25) is 9.78 Å². The van der Waals surface area contributed by atoms with Crippen LogP contribution in [-0.4, -0.2) is 17.6 Å². The number of hydrogen-bond acceptors (Lipinski definition) is 3. The van der Waals surface area contributed by atoms with Gasteiger partial charge in [0.05, 0.1) is 6.61 Å². The first-order valence-corrected chi connectivity index (χ1v) is 5.85. The van der Waals surface area contributed by atoms with Gasteiger partial charge in [-0.1, -0.05) is 13.8 Å². The van der Waals surface area contributed by atoms with Crippen LogP contribution < -0.4 is 0 Å². The van der Waals surface area contributed by atoms with Crippen molar-refractivity contribution < 1.29 is 9.53 Å². The van der Waals surface area contributed by atoms with E-state index >= 15 is 0 Å². The van der Waals surface area contributed by atoms with Crippen LogP contribution in [0.2, 0.25) is 0 Å². The highest BCUT2D eigenvalue weighted by molar-refractivity contribution is 5.69. The SMILES string of the molecule is CCCC(=O)OCCc1cc(CC)ccn1. The second kappa shape index (κ2) is 6.99. The molecule has 0 aliphatic rings. The third kappa shape index (κ3) is 4.43. The van der Waals surface area contributed by atoms with Gasteiger partial charge < -0.3 is 4.74 Å². The molecule has 3 nitrogen and oxygen atoms in total. The first-order valence-electron chi connectivity index (χ1n) is 5.85. The van der Waals surface area contributed by atoms with Crippen LogP contribution in [0.1, 0.15) is 37.9 Å². The standard InChI is InChI=1S/C13H19NO2/c1-3-5-13(15)16-9-7-12-10-11(4-2)6-8-14-12/h6,8,10H,3-5,7,9H2,1-2H3. The van der Waals surface area contributed by atoms with E-state index < -0.39 is 0 Å². The molecule has 16 heavy (non-hydrogen) atoms. The average Bonchev–Trinajstić information content (AvgIpc) is 2.30. The number of carbonyl (C=O) groups excluding carboxylic acids is 1. The fraction of sp³-hybridized carbons (Fsp3) is 0.538. The molecular weight excluding hydrogens is 202 g/mol. The molecule has 0 saturated carbocycles. The number of hydrogen-bond donors (Lipinski definition) is 0. The molecule has 0 fully saturated rings. The molecular formula is C13H19NO2. The predicted molar refractivity (Wildman–Crippen MR) is 63.2 cm³/mol. The Bertz CT molecular complexity index is 336. The first kappa shape index (κ1) is 12.7. The van der Waals surface area contributed by atoms with Crippen LogP contribution in [0.4, 0.5) is 0 Å². The molecule has 0 bridgehead atoms. The van der Waals surface area contributed by atoms with Gasteiger partial charge in [0.2, 0.25) is 0 Å². The molecule has 0 atom stereocenters. The summed E-state index contributed by atoms with van der Waals surface area (Å²) < 4.78 is 5.08. The predicted octanol–water partition coefficient (Wildman–Crippen LogP) is 2.53. The first-order chi connectivity index (χ1) is 7.76. The maximum absolute atomic E-state index is 11.1. The Morgan fingerprint density at radius 1 is 1.44 bits per heavy atom. The molecule has 0 spiro atoms. The van der Waals surface area contributed by atoms with E-state index in [0.717, 1.165) is 18.5 Å². The summed E-state index contributed by atoms with van der Waals surface area (Å²) in [7, 11) is 0. The van der Waals surface area contributed by atoms with Crippen molar-refractivity contribution in [2.45, 2.75) is 39.5 Å². The van der Waals surface area contributed by atoms with Gasteiger partial charge >= 0.3 is 5.97 Å². The summed E-state index contributed by atoms with van der Waals surface area (Å²) in [6.07, 6.45) is 4.85. The topological polar surface area (TPSA) is 39.2 Å². The van der Waals surface area contributed by atoms with Gasteiger partial charge in [-0.25, -0.2) is 0 Å². The zero-order chi connectivity index (χ0) is 11.8. The molecule has 0 radical (unpaired) electrons. The van der Waals surface area contributed by atoms with Crippen LogP contribution >= 0.6 is 0 Å². The normalized spacial score (nSPS) is 10.1. The number of rotatable bonds is 6. The number of aryl methyl sites for hydroxylation is 1. The highest BCUT2D eigenvalue weighted by atomic mass is 16.5. The Balaban J connectivity index is 2.34. The maximum Gasteiger partial charge on any atom is 0.305 e. The lowest BCUT2D eigenvalue weighted by molar-refractivity contribution is -0.143. The van der Waals surface area contributed by atoms with E-state index in [4.69, 9.17) is 4.74 Å². The lowest BCUT2D eigenvalue weighted by Gasteiger charge is -2.04. The Kier molecular flexibility index (Phi) is 5.54. The molecule has 0 aliphatic carbocycles. The summed E-state index contributed by atoms with van der Waals surface area (Å²) in [5.41, 5.74) is 2.26. The lowest BCUT2D eigenvalue weighted by atomic mass is 10.1. The highest BCUT2D eigenvalue weighted by Crippen LogP contribution is 2.03. The van der Waals surface area contributed by atoms with Gasteiger partial charge in [0, 0.05) is 24.7 Å². The lowest BCUT2D eigenvalue weighted by Crippen LogP contribution is -2.07. The molecule has 88 valence electrons. The van der Waals surface area contributed by atoms with Gasteiger partial charge in [0.1, 0.15) is 0 Å². The summed E-state index contributed by atoms with van der Waals surface area (Å²) in [6, 6.07) is 4.07. The van der Waals surface area contributed by atoms with Crippen molar-refractivity contribution >= 4 is 5.97 Å². The summed E-state index contributed by atoms with van der Waals surface area (Å²) in [5.74, 6) is -0.117. The number of ether oxygens (including phenoxy) is 1. The summed E-state index contributed by atoms with van der Waals surface area (Å²) in [5, 5.41) is 0. The molecule has 1 heterocycles. The van der Waals surface area contributed by atoms with Crippen molar-refractivity contribution in [3.63, 3.8) is 0 Å². The van der Waals surface area contributed by atoms with E-state index in [9.17, 15) is 4.79 Å². The van der Waals surface area contributed by atoms with Gasteiger partial charge in [-0.2, -0.15) is 0 Å². The number of nitrogens with zero attached hydrogens (tertiary/aromatic N) is 1. The second-order valence-corrected chi connectivity index (χ2v) is 3.73. The van der Waals surface area contributed by atoms with Crippen molar-refractivity contribution in [1.29, 1.82) is 0 Å². The van der Waals surface area contributed by atoms with E-state index in [2.05, 4.69) is 18.0 Å². The van der Waals surface area contributed by atoms with E-state index in [1.807, 2.05) is 19.2 Å². The second-order valence-electron chi connectivity index (χ2n) is 3.73. The summed E-state index contributed by atoms with van der Waals surface area (Å²) in [6.45, 7) is 4.51. The molecule has 3 heteroatoms. The van der Waals surface area contributed by atoms with E-state index in [0.29, 0.717) is 19.4 Å². The van der Waals surface area contributed by atoms with E-state index in [-0.39, 0.29) is 5.97 Å². The Morgan fingerprint density at radius 3 is 2.94 bits per heavy atom. The highest BCUT2D eigenvalue weighted by Gasteiger charge is 2.01. The van der Waals surface area contributed by atoms with Gasteiger partial charge in [0.15, 0.2) is 0 Å². The quantitative estimate of drug-likeness (QED) is 0.693. The van der Waals surface area contributed by atoms with Gasteiger partial charge in [-0.05, 0) is 30.5 Å². The smallest absolute Gasteiger partial charge is 0.305 e. The van der Waals surface area contributed by atoms with Crippen molar-refractivity contribution in [1.82, 2.24) is 4.98 Å². The Morgan fingerprint density at radius 2 is 2.25 bits per heavy atom. The summed E-state index contributed by atoms with van der Waals surface area (Å²) in [4.78, 5) is 15.4. The zero-order valence-electron chi connectivity index (χ0n) is 10.0. The molecule has 0 N–H and O–H groups in total. The van der Waals surface area contributed by atoms with Crippen molar-refractivity contribution in [2.75, 3.05) is 6.61 Å². The van der Waals surface area contributed by atoms with Crippen LogP contribution in [0.3, 0.4) is 0 Å². The zero-order valence-corrected chi connectivity index (χ0v) is 10.0. The molecule has 0 saturated heterocycles. The molecule has 1 rings (SSSR count).